The summed E-state index contributed by atoms with van der Waals surface area (Å²) in [5, 5.41) is 21.7. The number of nitrogens with zero attached hydrogens (tertiary/aromatic N) is 3. The lowest BCUT2D eigenvalue weighted by Gasteiger charge is -2.15. The van der Waals surface area contributed by atoms with Crippen LogP contribution in [0.15, 0.2) is 29.3 Å². The number of nitrogens with one attached hydrogen (secondary N) is 2. The number of carbonyl (C=O) groups excluding carboxylic acids is 1. The van der Waals surface area contributed by atoms with Crippen LogP contribution in [0.3, 0.4) is 0 Å². The second kappa shape index (κ2) is 6.75. The van der Waals surface area contributed by atoms with Crippen LogP contribution in [0.1, 0.15) is 24.9 Å². The molecule has 6 N–H and O–H groups in total. The molecule has 1 unspecified atom stereocenters. The van der Waals surface area contributed by atoms with Gasteiger partial charge in [-0.3, -0.25) is 14.6 Å². The molecule has 0 bridgehead atoms. The van der Waals surface area contributed by atoms with Gasteiger partial charge in [0, 0.05) is 13.0 Å². The lowest BCUT2D eigenvalue weighted by molar-refractivity contribution is -0.121. The fraction of sp³-hybridized carbons (Fsp3) is 0.250. The van der Waals surface area contributed by atoms with Crippen LogP contribution in [-0.2, 0) is 11.3 Å². The van der Waals surface area contributed by atoms with Gasteiger partial charge in [0.05, 0.1) is 12.4 Å². The number of amides is 1. The highest BCUT2D eigenvalue weighted by molar-refractivity contribution is 5.77. The van der Waals surface area contributed by atoms with Crippen molar-refractivity contribution in [1.29, 1.82) is 0 Å². The van der Waals surface area contributed by atoms with Crippen LogP contribution in [0, 0.1) is 0 Å². The van der Waals surface area contributed by atoms with Crippen molar-refractivity contribution in [3.8, 4) is 11.5 Å². The summed E-state index contributed by atoms with van der Waals surface area (Å²) >= 11 is 0. The van der Waals surface area contributed by atoms with E-state index in [0.29, 0.717) is 11.2 Å². The maximum Gasteiger partial charge on any atom is 0.280 e. The molecule has 0 aliphatic carbocycles. The molecule has 2 aromatic heterocycles. The molecule has 0 saturated heterocycles. The molecule has 10 heteroatoms. The van der Waals surface area contributed by atoms with E-state index in [4.69, 9.17) is 5.73 Å². The van der Waals surface area contributed by atoms with Crippen molar-refractivity contribution in [3.63, 3.8) is 0 Å². The fourth-order valence-electron chi connectivity index (χ4n) is 2.56. The Labute approximate surface area is 147 Å². The SMILES string of the molecule is CC(NC(=O)CCn1cnc2c(=O)[nH]c(N)nc21)c1ccc(O)c(O)c1. The lowest BCUT2D eigenvalue weighted by Crippen LogP contribution is -2.27. The summed E-state index contributed by atoms with van der Waals surface area (Å²) in [6, 6.07) is 4.01. The Morgan fingerprint density at radius 1 is 1.38 bits per heavy atom. The first kappa shape index (κ1) is 17.3. The van der Waals surface area contributed by atoms with Crippen molar-refractivity contribution in [1.82, 2.24) is 24.8 Å². The number of aromatic amines is 1. The number of phenolic OH excluding ortho intramolecular Hbond substituents is 2. The van der Waals surface area contributed by atoms with E-state index < -0.39 is 5.56 Å². The molecule has 136 valence electrons. The molecule has 10 nitrogen and oxygen atoms in total. The minimum atomic E-state index is -0.434. The van der Waals surface area contributed by atoms with Crippen LogP contribution in [0.5, 0.6) is 11.5 Å². The van der Waals surface area contributed by atoms with Gasteiger partial charge < -0.3 is 25.8 Å². The van der Waals surface area contributed by atoms with Crippen molar-refractivity contribution in [2.24, 2.45) is 0 Å². The van der Waals surface area contributed by atoms with E-state index in [1.54, 1.807) is 17.6 Å². The molecule has 0 aliphatic heterocycles. The monoisotopic (exact) mass is 358 g/mol. The Morgan fingerprint density at radius 3 is 2.88 bits per heavy atom. The Hall–Kier alpha value is -3.56. The van der Waals surface area contributed by atoms with E-state index >= 15 is 0 Å². The van der Waals surface area contributed by atoms with Crippen LogP contribution in [0.2, 0.25) is 0 Å². The van der Waals surface area contributed by atoms with Crippen molar-refractivity contribution in [2.75, 3.05) is 5.73 Å². The summed E-state index contributed by atoms with van der Waals surface area (Å²) in [4.78, 5) is 34.3. The zero-order valence-electron chi connectivity index (χ0n) is 13.9. The van der Waals surface area contributed by atoms with Crippen LogP contribution >= 0.6 is 0 Å². The Morgan fingerprint density at radius 2 is 2.15 bits per heavy atom. The highest BCUT2D eigenvalue weighted by atomic mass is 16.3. The van der Waals surface area contributed by atoms with Crippen molar-refractivity contribution >= 4 is 23.0 Å². The van der Waals surface area contributed by atoms with Gasteiger partial charge in [-0.05, 0) is 24.6 Å². The maximum atomic E-state index is 12.2. The molecule has 0 fully saturated rings. The molecule has 0 saturated carbocycles. The van der Waals surface area contributed by atoms with Gasteiger partial charge in [-0.2, -0.15) is 4.98 Å². The third kappa shape index (κ3) is 3.43. The summed E-state index contributed by atoms with van der Waals surface area (Å²) < 4.78 is 1.58. The zero-order chi connectivity index (χ0) is 18.8. The summed E-state index contributed by atoms with van der Waals surface area (Å²) in [7, 11) is 0. The number of benzene rings is 1. The molecule has 2 heterocycles. The Balaban J connectivity index is 1.65. The number of hydrogen-bond acceptors (Lipinski definition) is 7. The number of aryl methyl sites for hydroxylation is 1. The van der Waals surface area contributed by atoms with Crippen molar-refractivity contribution < 1.29 is 15.0 Å². The molecular formula is C16H18N6O4. The first-order valence-electron chi connectivity index (χ1n) is 7.87. The number of aromatic hydroxyl groups is 2. The number of imidazole rings is 1. The van der Waals surface area contributed by atoms with Gasteiger partial charge in [-0.15, -0.1) is 0 Å². The van der Waals surface area contributed by atoms with Gasteiger partial charge in [0.25, 0.3) is 5.56 Å². The summed E-state index contributed by atoms with van der Waals surface area (Å²) in [6.45, 7) is 2.03. The number of rotatable bonds is 5. The third-order valence-corrected chi connectivity index (χ3v) is 3.95. The molecule has 1 aromatic carbocycles. The average Bonchev–Trinajstić information content (AvgIpc) is 2.98. The Kier molecular flexibility index (Phi) is 4.48. The number of H-pyrrole nitrogens is 1. The fourth-order valence-corrected chi connectivity index (χ4v) is 2.56. The van der Waals surface area contributed by atoms with E-state index in [0.717, 1.165) is 0 Å². The van der Waals surface area contributed by atoms with Crippen LogP contribution < -0.4 is 16.6 Å². The standard InChI is InChI=1S/C16H18N6O4/c1-8(9-2-3-10(23)11(24)6-9)19-12(25)4-5-22-7-18-13-14(22)20-16(17)21-15(13)26/h2-3,6-8,23-24H,4-5H2,1H3,(H,19,25)(H3,17,20,21,26). The van der Waals surface area contributed by atoms with Gasteiger partial charge in [0.15, 0.2) is 22.7 Å². The number of fused-ring (bicyclic) bond motifs is 1. The van der Waals surface area contributed by atoms with Crippen molar-refractivity contribution in [3.05, 3.63) is 40.4 Å². The predicted molar refractivity (Wildman–Crippen MR) is 93.5 cm³/mol. The minimum absolute atomic E-state index is 0.0190. The second-order valence-electron chi connectivity index (χ2n) is 5.85. The normalized spacial score (nSPS) is 12.2. The number of aromatic nitrogens is 4. The minimum Gasteiger partial charge on any atom is -0.504 e. The van der Waals surface area contributed by atoms with E-state index in [9.17, 15) is 19.8 Å². The summed E-state index contributed by atoms with van der Waals surface area (Å²) in [5.74, 6) is -0.720. The van der Waals surface area contributed by atoms with Crippen LogP contribution in [-0.4, -0.2) is 35.6 Å². The number of hydrogen-bond donors (Lipinski definition) is 5. The van der Waals surface area contributed by atoms with Gasteiger partial charge in [0.2, 0.25) is 11.9 Å². The van der Waals surface area contributed by atoms with Gasteiger partial charge in [-0.25, -0.2) is 4.98 Å². The molecule has 0 aliphatic rings. The molecule has 1 amide bonds. The number of nitrogen functional groups attached to an aromatic ring is 1. The van der Waals surface area contributed by atoms with E-state index in [2.05, 4.69) is 20.3 Å². The molecule has 3 aromatic rings. The predicted octanol–water partition coefficient (Wildman–Crippen LogP) is 0.381. The van der Waals surface area contributed by atoms with E-state index in [-0.39, 0.29) is 47.9 Å². The topological polar surface area (TPSA) is 159 Å². The maximum absolute atomic E-state index is 12.2. The van der Waals surface area contributed by atoms with Crippen LogP contribution in [0.4, 0.5) is 5.95 Å². The van der Waals surface area contributed by atoms with E-state index in [1.807, 2.05) is 0 Å². The first-order chi connectivity index (χ1) is 12.3. The molecule has 0 radical (unpaired) electrons. The molecule has 26 heavy (non-hydrogen) atoms. The third-order valence-electron chi connectivity index (χ3n) is 3.95. The number of anilines is 1. The number of phenols is 2. The second-order valence-corrected chi connectivity index (χ2v) is 5.85. The highest BCUT2D eigenvalue weighted by Gasteiger charge is 2.13. The molecule has 0 spiro atoms. The van der Waals surface area contributed by atoms with Crippen LogP contribution in [0.25, 0.3) is 11.2 Å². The van der Waals surface area contributed by atoms with Gasteiger partial charge >= 0.3 is 0 Å². The smallest absolute Gasteiger partial charge is 0.280 e. The highest BCUT2D eigenvalue weighted by Crippen LogP contribution is 2.27. The van der Waals surface area contributed by atoms with Gasteiger partial charge in [0.1, 0.15) is 0 Å². The van der Waals surface area contributed by atoms with Gasteiger partial charge in [-0.1, -0.05) is 6.07 Å². The average molecular weight is 358 g/mol. The van der Waals surface area contributed by atoms with E-state index in [1.165, 1.54) is 18.5 Å². The number of carbonyl (C=O) groups is 1. The molecule has 3 rings (SSSR count). The number of nitrogens with two attached hydrogens (primary N) is 1. The molecular weight excluding hydrogens is 340 g/mol. The van der Waals surface area contributed by atoms with Crippen molar-refractivity contribution in [2.45, 2.75) is 25.9 Å². The quantitative estimate of drug-likeness (QED) is 0.412. The largest absolute Gasteiger partial charge is 0.504 e. The molecule has 1 atom stereocenters. The first-order valence-corrected chi connectivity index (χ1v) is 7.87. The summed E-state index contributed by atoms with van der Waals surface area (Å²) in [6.07, 6.45) is 1.56. The summed E-state index contributed by atoms with van der Waals surface area (Å²) in [5.41, 5.74) is 6.23. The lowest BCUT2D eigenvalue weighted by atomic mass is 10.1. The zero-order valence-corrected chi connectivity index (χ0v) is 13.9. The Bertz CT molecular complexity index is 1030.